The predicted octanol–water partition coefficient (Wildman–Crippen LogP) is 2.08. The van der Waals surface area contributed by atoms with Gasteiger partial charge in [-0.2, -0.15) is 11.8 Å². The minimum atomic E-state index is 1.04. The first-order chi connectivity index (χ1) is 5.90. The zero-order chi connectivity index (χ0) is 8.39. The highest BCUT2D eigenvalue weighted by Crippen LogP contribution is 2.34. The summed E-state index contributed by atoms with van der Waals surface area (Å²) in [5.74, 6) is 3.50. The molecule has 0 N–H and O–H groups in total. The number of fused-ring (bicyclic) bond motifs is 3. The summed E-state index contributed by atoms with van der Waals surface area (Å²) in [6.07, 6.45) is 6.65. The van der Waals surface area contributed by atoms with E-state index in [4.69, 9.17) is 0 Å². The minimum absolute atomic E-state index is 1.04. The molecular weight excluding hydrogens is 166 g/mol. The van der Waals surface area contributed by atoms with Crippen LogP contribution in [0.3, 0.4) is 0 Å². The smallest absolute Gasteiger partial charge is 0.00126 e. The van der Waals surface area contributed by atoms with Crippen LogP contribution < -0.4 is 0 Å². The normalized spacial score (nSPS) is 40.2. The van der Waals surface area contributed by atoms with Gasteiger partial charge in [-0.15, -0.1) is 0 Å². The Hall–Kier alpha value is 0.310. The maximum atomic E-state index is 2.66. The Balaban J connectivity index is 1.82. The Labute approximate surface area is 79.9 Å². The zero-order valence-corrected chi connectivity index (χ0v) is 8.78. The van der Waals surface area contributed by atoms with Crippen LogP contribution >= 0.6 is 11.8 Å². The number of piperidine rings is 3. The topological polar surface area (TPSA) is 3.24 Å². The van der Waals surface area contributed by atoms with Crippen LogP contribution in [0.1, 0.15) is 19.3 Å². The summed E-state index contributed by atoms with van der Waals surface area (Å²) >= 11 is 2.00. The summed E-state index contributed by atoms with van der Waals surface area (Å²) in [7, 11) is 0. The van der Waals surface area contributed by atoms with E-state index in [0.29, 0.717) is 0 Å². The molecule has 3 fully saturated rings. The largest absolute Gasteiger partial charge is 0.303 e. The van der Waals surface area contributed by atoms with Crippen molar-refractivity contribution in [1.82, 2.24) is 4.90 Å². The van der Waals surface area contributed by atoms with Crippen LogP contribution in [0, 0.1) is 11.8 Å². The number of thioether (sulfide) groups is 1. The Morgan fingerprint density at radius 3 is 2.58 bits per heavy atom. The van der Waals surface area contributed by atoms with E-state index in [2.05, 4.69) is 11.2 Å². The zero-order valence-electron chi connectivity index (χ0n) is 7.96. The van der Waals surface area contributed by atoms with E-state index in [0.717, 1.165) is 11.8 Å². The van der Waals surface area contributed by atoms with Crippen molar-refractivity contribution in [2.24, 2.45) is 11.8 Å². The average molecular weight is 185 g/mol. The molecule has 3 saturated heterocycles. The standard InChI is InChI=1S/C10H19NS/c1-12-7-4-10-8-11-5-2-9(10)3-6-11/h9-10H,2-8H2,1H3. The van der Waals surface area contributed by atoms with E-state index < -0.39 is 0 Å². The van der Waals surface area contributed by atoms with Crippen LogP contribution in [-0.2, 0) is 0 Å². The van der Waals surface area contributed by atoms with Gasteiger partial charge in [0.05, 0.1) is 0 Å². The molecule has 0 radical (unpaired) electrons. The molecule has 0 spiro atoms. The fraction of sp³-hybridized carbons (Fsp3) is 1.00. The van der Waals surface area contributed by atoms with Gasteiger partial charge < -0.3 is 4.90 Å². The number of hydrogen-bond acceptors (Lipinski definition) is 2. The second-order valence-corrected chi connectivity index (χ2v) is 5.17. The van der Waals surface area contributed by atoms with Crippen LogP contribution in [0.25, 0.3) is 0 Å². The lowest BCUT2D eigenvalue weighted by Gasteiger charge is -2.44. The van der Waals surface area contributed by atoms with Gasteiger partial charge in [0.1, 0.15) is 0 Å². The summed E-state index contributed by atoms with van der Waals surface area (Å²) in [6, 6.07) is 0. The number of rotatable bonds is 3. The molecule has 1 unspecified atom stereocenters. The van der Waals surface area contributed by atoms with Gasteiger partial charge in [0.15, 0.2) is 0 Å². The molecule has 0 aromatic carbocycles. The fourth-order valence-corrected chi connectivity index (χ4v) is 3.22. The molecule has 0 aromatic heterocycles. The van der Waals surface area contributed by atoms with Crippen LogP contribution in [-0.4, -0.2) is 36.5 Å². The maximum absolute atomic E-state index is 2.66. The molecule has 3 aliphatic heterocycles. The van der Waals surface area contributed by atoms with E-state index in [-0.39, 0.29) is 0 Å². The van der Waals surface area contributed by atoms with E-state index >= 15 is 0 Å². The first-order valence-corrected chi connectivity index (χ1v) is 6.51. The summed E-state index contributed by atoms with van der Waals surface area (Å²) in [6.45, 7) is 4.19. The lowest BCUT2D eigenvalue weighted by Crippen LogP contribution is -2.47. The van der Waals surface area contributed by atoms with Gasteiger partial charge in [0.2, 0.25) is 0 Å². The van der Waals surface area contributed by atoms with Gasteiger partial charge in [-0.25, -0.2) is 0 Å². The third-order valence-corrected chi connectivity index (χ3v) is 4.13. The quantitative estimate of drug-likeness (QED) is 0.662. The van der Waals surface area contributed by atoms with Crippen LogP contribution in [0.4, 0.5) is 0 Å². The average Bonchev–Trinajstić information content (AvgIpc) is 2.17. The van der Waals surface area contributed by atoms with E-state index in [9.17, 15) is 0 Å². The predicted molar refractivity (Wildman–Crippen MR) is 55.7 cm³/mol. The Kier molecular flexibility index (Phi) is 2.97. The van der Waals surface area contributed by atoms with Crippen molar-refractivity contribution >= 4 is 11.8 Å². The third kappa shape index (κ3) is 1.80. The van der Waals surface area contributed by atoms with Crippen molar-refractivity contribution in [2.75, 3.05) is 31.6 Å². The second kappa shape index (κ2) is 4.01. The molecule has 3 heterocycles. The van der Waals surface area contributed by atoms with E-state index in [1.165, 1.54) is 44.6 Å². The SMILES string of the molecule is CSCCC1CN2CCC1CC2. The highest BCUT2D eigenvalue weighted by atomic mass is 32.2. The summed E-state index contributed by atoms with van der Waals surface area (Å²) in [5.41, 5.74) is 0. The number of hydrogen-bond donors (Lipinski definition) is 0. The van der Waals surface area contributed by atoms with E-state index in [1.54, 1.807) is 0 Å². The molecule has 0 aromatic rings. The molecule has 0 aliphatic carbocycles. The molecule has 0 saturated carbocycles. The van der Waals surface area contributed by atoms with Gasteiger partial charge >= 0.3 is 0 Å². The molecule has 1 atom stereocenters. The Morgan fingerprint density at radius 1 is 1.33 bits per heavy atom. The van der Waals surface area contributed by atoms with Crippen LogP contribution in [0.15, 0.2) is 0 Å². The minimum Gasteiger partial charge on any atom is -0.303 e. The second-order valence-electron chi connectivity index (χ2n) is 4.18. The highest BCUT2D eigenvalue weighted by Gasteiger charge is 2.33. The lowest BCUT2D eigenvalue weighted by atomic mass is 9.78. The van der Waals surface area contributed by atoms with Crippen molar-refractivity contribution in [3.05, 3.63) is 0 Å². The first-order valence-electron chi connectivity index (χ1n) is 5.11. The van der Waals surface area contributed by atoms with Crippen molar-refractivity contribution < 1.29 is 0 Å². The summed E-state index contributed by atoms with van der Waals surface area (Å²) in [5, 5.41) is 0. The van der Waals surface area contributed by atoms with E-state index in [1.807, 2.05) is 11.8 Å². The van der Waals surface area contributed by atoms with Gasteiger partial charge in [0, 0.05) is 6.54 Å². The highest BCUT2D eigenvalue weighted by molar-refractivity contribution is 7.98. The van der Waals surface area contributed by atoms with Crippen molar-refractivity contribution in [1.29, 1.82) is 0 Å². The third-order valence-electron chi connectivity index (χ3n) is 3.48. The maximum Gasteiger partial charge on any atom is 0.00126 e. The molecule has 3 rings (SSSR count). The number of nitrogens with zero attached hydrogens (tertiary/aromatic N) is 1. The van der Waals surface area contributed by atoms with Gasteiger partial charge in [-0.1, -0.05) is 0 Å². The monoisotopic (exact) mass is 185 g/mol. The summed E-state index contributed by atoms with van der Waals surface area (Å²) < 4.78 is 0. The molecule has 2 bridgehead atoms. The lowest BCUT2D eigenvalue weighted by molar-refractivity contribution is 0.0498. The molecule has 3 aliphatic rings. The molecule has 70 valence electrons. The van der Waals surface area contributed by atoms with Gasteiger partial charge in [-0.05, 0) is 56.2 Å². The first kappa shape index (κ1) is 8.89. The van der Waals surface area contributed by atoms with Crippen LogP contribution in [0.2, 0.25) is 0 Å². The molecule has 2 heteroatoms. The molecular formula is C10H19NS. The van der Waals surface area contributed by atoms with Crippen molar-refractivity contribution in [3.8, 4) is 0 Å². The Bertz CT molecular complexity index is 141. The van der Waals surface area contributed by atoms with Gasteiger partial charge in [0.25, 0.3) is 0 Å². The van der Waals surface area contributed by atoms with Crippen molar-refractivity contribution in [3.63, 3.8) is 0 Å². The Morgan fingerprint density at radius 2 is 2.08 bits per heavy atom. The van der Waals surface area contributed by atoms with Crippen molar-refractivity contribution in [2.45, 2.75) is 19.3 Å². The molecule has 12 heavy (non-hydrogen) atoms. The molecule has 1 nitrogen and oxygen atoms in total. The van der Waals surface area contributed by atoms with Gasteiger partial charge in [-0.3, -0.25) is 0 Å². The fourth-order valence-electron chi connectivity index (χ4n) is 2.68. The summed E-state index contributed by atoms with van der Waals surface area (Å²) in [4.78, 5) is 2.66. The molecule has 0 amide bonds. The van der Waals surface area contributed by atoms with Crippen LogP contribution in [0.5, 0.6) is 0 Å².